The summed E-state index contributed by atoms with van der Waals surface area (Å²) in [5.74, 6) is -1.52. The highest BCUT2D eigenvalue weighted by atomic mass is 32.3. The van der Waals surface area contributed by atoms with E-state index in [-0.39, 0.29) is 19.1 Å². The van der Waals surface area contributed by atoms with Crippen LogP contribution in [0.5, 0.6) is 0 Å². The number of halogens is 6. The summed E-state index contributed by atoms with van der Waals surface area (Å²) < 4.78 is 144. The molecular weight excluding hydrogens is 442 g/mol. The summed E-state index contributed by atoms with van der Waals surface area (Å²) in [7, 11) is -20.3. The van der Waals surface area contributed by atoms with Gasteiger partial charge >= 0.3 is 11.0 Å². The van der Waals surface area contributed by atoms with Gasteiger partial charge in [0.15, 0.2) is 9.84 Å². The van der Waals surface area contributed by atoms with Crippen LogP contribution in [0.1, 0.15) is 26.7 Å². The minimum absolute atomic E-state index is 0.115. The van der Waals surface area contributed by atoms with Crippen molar-refractivity contribution in [2.75, 3.05) is 12.4 Å². The molecule has 0 bridgehead atoms. The van der Waals surface area contributed by atoms with E-state index in [4.69, 9.17) is 4.74 Å². The number of ether oxygens (including phenoxy) is 1. The Morgan fingerprint density at radius 2 is 1.15 bits per heavy atom. The maximum absolute atomic E-state index is 12.6. The van der Waals surface area contributed by atoms with Gasteiger partial charge in [0.1, 0.15) is 0 Å². The first-order valence-corrected chi connectivity index (χ1v) is 11.5. The minimum Gasteiger partial charge on any atom is -0.379 e. The van der Waals surface area contributed by atoms with Crippen LogP contribution < -0.4 is 0 Å². The van der Waals surface area contributed by atoms with Gasteiger partial charge in [0.05, 0.1) is 11.9 Å². The standard InChI is InChI=1S/C10H16F6O7S3/c1-7(2)23-5-3-4-6-24(17,18)8(25(19,20)9(11,12)13)26(21,22)10(14,15)16/h7-8H,3-6H2,1-2H3. The van der Waals surface area contributed by atoms with Crippen LogP contribution in [0.4, 0.5) is 26.3 Å². The first-order chi connectivity index (χ1) is 11.3. The van der Waals surface area contributed by atoms with Crippen LogP contribution in [0.25, 0.3) is 0 Å². The molecule has 0 radical (unpaired) electrons. The average Bonchev–Trinajstić information content (AvgIpc) is 2.33. The molecule has 0 saturated carbocycles. The summed E-state index contributed by atoms with van der Waals surface area (Å²) in [4.78, 5) is 0. The molecule has 0 aliphatic heterocycles. The van der Waals surface area contributed by atoms with Crippen LogP contribution in [-0.2, 0) is 34.2 Å². The lowest BCUT2D eigenvalue weighted by Gasteiger charge is -2.21. The van der Waals surface area contributed by atoms with Gasteiger partial charge in [-0.25, -0.2) is 25.3 Å². The number of sulfone groups is 3. The second-order valence-corrected chi connectivity index (χ2v) is 12.4. The van der Waals surface area contributed by atoms with E-state index in [0.717, 1.165) is 0 Å². The third-order valence-electron chi connectivity index (χ3n) is 2.72. The van der Waals surface area contributed by atoms with E-state index >= 15 is 0 Å². The van der Waals surface area contributed by atoms with Crippen LogP contribution in [-0.4, -0.2) is 58.6 Å². The molecule has 0 aliphatic rings. The Hall–Kier alpha value is -0.610. The summed E-state index contributed by atoms with van der Waals surface area (Å²) >= 11 is 0. The summed E-state index contributed by atoms with van der Waals surface area (Å²) in [5, 5.41) is 0. The SMILES string of the molecule is CC(C)OCCCCS(=O)(=O)C(S(=O)(=O)C(F)(F)F)S(=O)(=O)C(F)(F)F. The zero-order valence-corrected chi connectivity index (χ0v) is 15.8. The van der Waals surface area contributed by atoms with Crippen molar-refractivity contribution in [3.8, 4) is 0 Å². The molecule has 0 saturated heterocycles. The van der Waals surface area contributed by atoms with Gasteiger partial charge in [0.2, 0.25) is 0 Å². The molecule has 0 N–H and O–H groups in total. The zero-order chi connectivity index (χ0) is 21.2. The van der Waals surface area contributed by atoms with Gasteiger partial charge < -0.3 is 4.74 Å². The fourth-order valence-corrected chi connectivity index (χ4v) is 9.14. The highest BCUT2D eigenvalue weighted by Crippen LogP contribution is 2.39. The lowest BCUT2D eigenvalue weighted by atomic mass is 10.3. The summed E-state index contributed by atoms with van der Waals surface area (Å²) in [6.07, 6.45) is -1.07. The lowest BCUT2D eigenvalue weighted by molar-refractivity contribution is -0.0462. The van der Waals surface area contributed by atoms with E-state index in [9.17, 15) is 51.6 Å². The fraction of sp³-hybridized carbons (Fsp3) is 1.00. The molecule has 7 nitrogen and oxygen atoms in total. The fourth-order valence-electron chi connectivity index (χ4n) is 1.59. The molecule has 158 valence electrons. The topological polar surface area (TPSA) is 112 Å². The Kier molecular flexibility index (Phi) is 7.99. The number of alkyl halides is 6. The van der Waals surface area contributed by atoms with Crippen molar-refractivity contribution in [1.29, 1.82) is 0 Å². The molecule has 0 aromatic carbocycles. The Bertz CT molecular complexity index is 734. The first kappa shape index (κ1) is 25.4. The number of rotatable bonds is 9. The first-order valence-electron chi connectivity index (χ1n) is 6.72. The van der Waals surface area contributed by atoms with Crippen molar-refractivity contribution in [3.63, 3.8) is 0 Å². The van der Waals surface area contributed by atoms with Crippen molar-refractivity contribution in [3.05, 3.63) is 0 Å². The maximum Gasteiger partial charge on any atom is 0.499 e. The van der Waals surface area contributed by atoms with Gasteiger partial charge in [-0.1, -0.05) is 0 Å². The second kappa shape index (κ2) is 8.18. The van der Waals surface area contributed by atoms with Crippen LogP contribution in [0.2, 0.25) is 0 Å². The predicted octanol–water partition coefficient (Wildman–Crippen LogP) is 1.76. The molecule has 16 heteroatoms. The van der Waals surface area contributed by atoms with Crippen molar-refractivity contribution in [2.45, 2.75) is 47.7 Å². The predicted molar refractivity (Wildman–Crippen MR) is 77.8 cm³/mol. The third kappa shape index (κ3) is 5.95. The molecular formula is C10H16F6O7S3. The summed E-state index contributed by atoms with van der Waals surface area (Å²) in [5.41, 5.74) is -13.0. The zero-order valence-electron chi connectivity index (χ0n) is 13.3. The molecule has 0 amide bonds. The van der Waals surface area contributed by atoms with Gasteiger partial charge in [-0.05, 0) is 26.7 Å². The molecule has 0 aromatic heterocycles. The molecule has 0 rings (SSSR count). The quantitative estimate of drug-likeness (QED) is 0.382. The Morgan fingerprint density at radius 3 is 1.46 bits per heavy atom. The van der Waals surface area contributed by atoms with Crippen LogP contribution >= 0.6 is 0 Å². The second-order valence-electron chi connectivity index (χ2n) is 5.26. The molecule has 0 heterocycles. The van der Waals surface area contributed by atoms with Crippen molar-refractivity contribution >= 4 is 29.5 Å². The van der Waals surface area contributed by atoms with Gasteiger partial charge in [0.25, 0.3) is 23.6 Å². The molecule has 26 heavy (non-hydrogen) atoms. The molecule has 0 aromatic rings. The Labute approximate surface area is 146 Å². The van der Waals surface area contributed by atoms with E-state index in [2.05, 4.69) is 0 Å². The highest BCUT2D eigenvalue weighted by molar-refractivity contribution is 8.24. The molecule has 0 fully saturated rings. The van der Waals surface area contributed by atoms with Crippen molar-refractivity contribution < 1.29 is 56.3 Å². The van der Waals surface area contributed by atoms with Crippen LogP contribution in [0, 0.1) is 0 Å². The van der Waals surface area contributed by atoms with E-state index in [1.54, 1.807) is 13.8 Å². The van der Waals surface area contributed by atoms with Gasteiger partial charge in [-0.2, -0.15) is 26.3 Å². The average molecular weight is 458 g/mol. The van der Waals surface area contributed by atoms with E-state index in [1.165, 1.54) is 0 Å². The lowest BCUT2D eigenvalue weighted by Crippen LogP contribution is -2.49. The molecule has 0 unspecified atom stereocenters. The van der Waals surface area contributed by atoms with Crippen molar-refractivity contribution in [2.24, 2.45) is 0 Å². The molecule has 0 aliphatic carbocycles. The maximum atomic E-state index is 12.6. The third-order valence-corrected chi connectivity index (χ3v) is 11.3. The van der Waals surface area contributed by atoms with E-state index < -0.39 is 56.6 Å². The Morgan fingerprint density at radius 1 is 0.769 bits per heavy atom. The minimum atomic E-state index is -7.22. The highest BCUT2D eigenvalue weighted by Gasteiger charge is 2.67. The van der Waals surface area contributed by atoms with Crippen molar-refractivity contribution in [1.82, 2.24) is 0 Å². The monoisotopic (exact) mass is 458 g/mol. The van der Waals surface area contributed by atoms with E-state index in [0.29, 0.717) is 0 Å². The van der Waals surface area contributed by atoms with Crippen LogP contribution in [0.3, 0.4) is 0 Å². The van der Waals surface area contributed by atoms with E-state index in [1.807, 2.05) is 0 Å². The summed E-state index contributed by atoms with van der Waals surface area (Å²) in [6.45, 7) is 3.08. The number of unbranched alkanes of at least 4 members (excludes halogenated alkanes) is 1. The van der Waals surface area contributed by atoms with Gasteiger partial charge in [-0.3, -0.25) is 0 Å². The van der Waals surface area contributed by atoms with Gasteiger partial charge in [0, 0.05) is 6.61 Å². The van der Waals surface area contributed by atoms with Gasteiger partial charge in [-0.15, -0.1) is 0 Å². The smallest absolute Gasteiger partial charge is 0.379 e. The number of hydrogen-bond donors (Lipinski definition) is 0. The molecule has 0 spiro atoms. The van der Waals surface area contributed by atoms with Crippen LogP contribution in [0.15, 0.2) is 0 Å². The Balaban J connectivity index is 5.91. The summed E-state index contributed by atoms with van der Waals surface area (Å²) in [6, 6.07) is 0. The molecule has 0 atom stereocenters. The normalized spacial score (nSPS) is 15.0. The largest absolute Gasteiger partial charge is 0.499 e. The number of hydrogen-bond acceptors (Lipinski definition) is 7.